The first-order valence-corrected chi connectivity index (χ1v) is 20.0. The Labute approximate surface area is 316 Å². The van der Waals surface area contributed by atoms with Crippen molar-refractivity contribution in [1.82, 2.24) is 0 Å². The van der Waals surface area contributed by atoms with Crippen molar-refractivity contribution in [3.05, 3.63) is 0 Å². The Bertz CT molecular complexity index is 558. The molecule has 0 spiro atoms. The first-order valence-electron chi connectivity index (χ1n) is 20.0. The Morgan fingerprint density at radius 2 is 0.385 bits per heavy atom. The summed E-state index contributed by atoms with van der Waals surface area (Å²) in [6.07, 6.45) is 13.4. The highest BCUT2D eigenvalue weighted by atomic mass is 16.6. The van der Waals surface area contributed by atoms with Gasteiger partial charge in [-0.05, 0) is 6.42 Å². The van der Waals surface area contributed by atoms with Gasteiger partial charge in [-0.1, -0.05) is 64.7 Å². The predicted molar refractivity (Wildman–Crippen MR) is 200 cm³/mol. The molecule has 0 aliphatic heterocycles. The topological polar surface area (TPSA) is 140 Å². The molecule has 0 heterocycles. The molecule has 14 heteroatoms. The van der Waals surface area contributed by atoms with E-state index >= 15 is 0 Å². The SMILES string of the molecule is CCCCCCCCCCCCOCCOCCOCCOCCOCCOCCOCCOCCOCCOCCOCCOCCOCCO. The van der Waals surface area contributed by atoms with Gasteiger partial charge >= 0.3 is 0 Å². The molecule has 14 nitrogen and oxygen atoms in total. The molecule has 52 heavy (non-hydrogen) atoms. The van der Waals surface area contributed by atoms with Crippen LogP contribution >= 0.6 is 0 Å². The summed E-state index contributed by atoms with van der Waals surface area (Å²) in [5, 5.41) is 8.59. The molecule has 0 aromatic rings. The lowest BCUT2D eigenvalue weighted by atomic mass is 10.1. The third-order valence-electron chi connectivity index (χ3n) is 7.34. The van der Waals surface area contributed by atoms with Gasteiger partial charge in [0.05, 0.1) is 172 Å². The molecule has 0 saturated heterocycles. The zero-order valence-corrected chi connectivity index (χ0v) is 32.9. The number of unbranched alkanes of at least 4 members (excludes halogenated alkanes) is 9. The van der Waals surface area contributed by atoms with Crippen LogP contribution in [-0.4, -0.2) is 183 Å². The van der Waals surface area contributed by atoms with Crippen molar-refractivity contribution in [1.29, 1.82) is 0 Å². The van der Waals surface area contributed by atoms with Gasteiger partial charge in [-0.3, -0.25) is 0 Å². The largest absolute Gasteiger partial charge is 0.394 e. The van der Waals surface area contributed by atoms with Gasteiger partial charge in [-0.25, -0.2) is 0 Å². The third-order valence-corrected chi connectivity index (χ3v) is 7.34. The molecular weight excluding hydrogens is 680 g/mol. The standard InChI is InChI=1S/C38H78O14/c1-2-3-4-5-6-7-8-9-10-11-13-40-15-17-42-19-21-44-23-25-46-27-29-48-31-33-50-35-37-52-38-36-51-34-32-49-30-28-47-26-24-45-22-20-43-18-16-41-14-12-39/h39H,2-38H2,1H3. The molecule has 0 aromatic carbocycles. The molecule has 0 aromatic heterocycles. The second kappa shape index (κ2) is 50.4. The minimum atomic E-state index is 0.0257. The van der Waals surface area contributed by atoms with E-state index in [1.807, 2.05) is 0 Å². The van der Waals surface area contributed by atoms with Crippen molar-refractivity contribution in [3.8, 4) is 0 Å². The van der Waals surface area contributed by atoms with Crippen molar-refractivity contribution in [2.24, 2.45) is 0 Å². The van der Waals surface area contributed by atoms with Crippen LogP contribution in [0.3, 0.4) is 0 Å². The Kier molecular flexibility index (Phi) is 49.9. The summed E-state index contributed by atoms with van der Waals surface area (Å²) in [6, 6.07) is 0. The average Bonchev–Trinajstić information content (AvgIpc) is 3.16. The highest BCUT2D eigenvalue weighted by molar-refractivity contribution is 4.48. The molecule has 0 radical (unpaired) electrons. The van der Waals surface area contributed by atoms with Crippen molar-refractivity contribution in [3.63, 3.8) is 0 Å². The maximum atomic E-state index is 8.59. The monoisotopic (exact) mass is 759 g/mol. The van der Waals surface area contributed by atoms with Crippen molar-refractivity contribution >= 4 is 0 Å². The molecule has 0 bridgehead atoms. The number of ether oxygens (including phenoxy) is 13. The molecule has 0 aliphatic carbocycles. The van der Waals surface area contributed by atoms with E-state index in [0.717, 1.165) is 13.0 Å². The number of hydrogen-bond donors (Lipinski definition) is 1. The third kappa shape index (κ3) is 49.4. The number of aliphatic hydroxyl groups is 1. The van der Waals surface area contributed by atoms with Crippen molar-refractivity contribution < 1.29 is 66.7 Å². The lowest BCUT2D eigenvalue weighted by Crippen LogP contribution is -2.15. The molecule has 0 fully saturated rings. The Balaban J connectivity index is 3.04. The zero-order valence-electron chi connectivity index (χ0n) is 32.9. The lowest BCUT2D eigenvalue weighted by Gasteiger charge is -2.09. The summed E-state index contributed by atoms with van der Waals surface area (Å²) in [6.45, 7) is 16.0. The first kappa shape index (κ1) is 51.4. The van der Waals surface area contributed by atoms with Crippen LogP contribution in [-0.2, 0) is 61.6 Å². The normalized spacial score (nSPS) is 11.7. The Morgan fingerprint density at radius 3 is 0.596 bits per heavy atom. The smallest absolute Gasteiger partial charge is 0.0701 e. The van der Waals surface area contributed by atoms with Crippen LogP contribution in [0.4, 0.5) is 0 Å². The van der Waals surface area contributed by atoms with Gasteiger partial charge in [0.1, 0.15) is 0 Å². The lowest BCUT2D eigenvalue weighted by molar-refractivity contribution is -0.0292. The fourth-order valence-electron chi connectivity index (χ4n) is 4.50. The Morgan fingerprint density at radius 1 is 0.212 bits per heavy atom. The number of rotatable bonds is 49. The van der Waals surface area contributed by atoms with E-state index in [1.165, 1.54) is 57.8 Å². The number of hydrogen-bond acceptors (Lipinski definition) is 14. The summed E-state index contributed by atoms with van der Waals surface area (Å²) in [7, 11) is 0. The van der Waals surface area contributed by atoms with E-state index < -0.39 is 0 Å². The molecule has 0 unspecified atom stereocenters. The van der Waals surface area contributed by atoms with Crippen LogP contribution in [0.25, 0.3) is 0 Å². The second-order valence-corrected chi connectivity index (χ2v) is 11.9. The van der Waals surface area contributed by atoms with Crippen LogP contribution in [0.2, 0.25) is 0 Å². The maximum Gasteiger partial charge on any atom is 0.0701 e. The minimum absolute atomic E-state index is 0.0257. The summed E-state index contributed by atoms with van der Waals surface area (Å²) in [5.74, 6) is 0. The van der Waals surface area contributed by atoms with Gasteiger partial charge in [0, 0.05) is 6.61 Å². The van der Waals surface area contributed by atoms with Crippen molar-refractivity contribution in [2.45, 2.75) is 71.1 Å². The summed E-state index contributed by atoms with van der Waals surface area (Å²) < 4.78 is 71.0. The molecule has 0 rings (SSSR count). The fraction of sp³-hybridized carbons (Fsp3) is 1.00. The Hall–Kier alpha value is -0.560. The van der Waals surface area contributed by atoms with Crippen LogP contribution < -0.4 is 0 Å². The average molecular weight is 759 g/mol. The zero-order chi connectivity index (χ0) is 37.4. The summed E-state index contributed by atoms with van der Waals surface area (Å²) in [4.78, 5) is 0. The minimum Gasteiger partial charge on any atom is -0.394 e. The second-order valence-electron chi connectivity index (χ2n) is 11.9. The van der Waals surface area contributed by atoms with Crippen LogP contribution in [0.5, 0.6) is 0 Å². The van der Waals surface area contributed by atoms with E-state index in [9.17, 15) is 0 Å². The highest BCUT2D eigenvalue weighted by Crippen LogP contribution is 2.10. The molecule has 0 atom stereocenters. The highest BCUT2D eigenvalue weighted by Gasteiger charge is 1.98. The summed E-state index contributed by atoms with van der Waals surface area (Å²) in [5.41, 5.74) is 0. The van der Waals surface area contributed by atoms with Gasteiger partial charge in [0.15, 0.2) is 0 Å². The molecule has 0 aliphatic rings. The molecule has 0 amide bonds. The molecule has 1 N–H and O–H groups in total. The molecule has 0 saturated carbocycles. The summed E-state index contributed by atoms with van der Waals surface area (Å²) >= 11 is 0. The van der Waals surface area contributed by atoms with E-state index in [-0.39, 0.29) is 6.61 Å². The van der Waals surface area contributed by atoms with Gasteiger partial charge in [0.2, 0.25) is 0 Å². The number of aliphatic hydroxyl groups excluding tert-OH is 1. The maximum absolute atomic E-state index is 8.59. The first-order chi connectivity index (χ1) is 25.9. The van der Waals surface area contributed by atoms with Crippen molar-refractivity contribution in [2.75, 3.05) is 178 Å². The fourth-order valence-corrected chi connectivity index (χ4v) is 4.50. The van der Waals surface area contributed by atoms with E-state index in [0.29, 0.717) is 165 Å². The van der Waals surface area contributed by atoms with E-state index in [1.54, 1.807) is 0 Å². The van der Waals surface area contributed by atoms with E-state index in [4.69, 9.17) is 66.7 Å². The quantitative estimate of drug-likeness (QED) is 0.0890. The molecular formula is C38H78O14. The van der Waals surface area contributed by atoms with Gasteiger partial charge in [-0.2, -0.15) is 0 Å². The van der Waals surface area contributed by atoms with E-state index in [2.05, 4.69) is 6.92 Å². The van der Waals surface area contributed by atoms with Crippen LogP contribution in [0.15, 0.2) is 0 Å². The predicted octanol–water partition coefficient (Wildman–Crippen LogP) is 4.12. The van der Waals surface area contributed by atoms with Gasteiger partial charge < -0.3 is 66.7 Å². The van der Waals surface area contributed by atoms with Gasteiger partial charge in [-0.15, -0.1) is 0 Å². The van der Waals surface area contributed by atoms with Crippen LogP contribution in [0.1, 0.15) is 71.1 Å². The molecule has 314 valence electrons. The van der Waals surface area contributed by atoms with Crippen LogP contribution in [0, 0.1) is 0 Å². The van der Waals surface area contributed by atoms with Gasteiger partial charge in [0.25, 0.3) is 0 Å².